The molecule has 4 aromatic rings. The Morgan fingerprint density at radius 1 is 1.09 bits per heavy atom. The average molecular weight is 484 g/mol. The second kappa shape index (κ2) is 9.34. The van der Waals surface area contributed by atoms with E-state index in [1.165, 1.54) is 16.9 Å². The molecule has 0 bridgehead atoms. The van der Waals surface area contributed by atoms with E-state index >= 15 is 0 Å². The van der Waals surface area contributed by atoms with Crippen molar-refractivity contribution in [2.45, 2.75) is 24.9 Å². The van der Waals surface area contributed by atoms with Gasteiger partial charge in [0.25, 0.3) is 5.56 Å². The van der Waals surface area contributed by atoms with Crippen molar-refractivity contribution >= 4 is 45.6 Å². The second-order valence-corrected chi connectivity index (χ2v) is 9.99. The molecule has 0 radical (unpaired) electrons. The molecule has 168 valence electrons. The van der Waals surface area contributed by atoms with Crippen molar-refractivity contribution in [1.82, 2.24) is 4.57 Å². The Hall–Kier alpha value is -3.60. The van der Waals surface area contributed by atoms with Crippen LogP contribution >= 0.6 is 23.1 Å². The summed E-state index contributed by atoms with van der Waals surface area (Å²) in [6, 6.07) is 22.2. The van der Waals surface area contributed by atoms with Gasteiger partial charge in [-0.15, -0.1) is 11.3 Å². The smallest absolute Gasteiger partial charge is 0.271 e. The van der Waals surface area contributed by atoms with Crippen molar-refractivity contribution in [2.24, 2.45) is 0 Å². The molecule has 0 unspecified atom stereocenters. The summed E-state index contributed by atoms with van der Waals surface area (Å²) in [5.41, 5.74) is 3.93. The third-order valence-corrected chi connectivity index (χ3v) is 8.28. The van der Waals surface area contributed by atoms with E-state index < -0.39 is 0 Å². The van der Waals surface area contributed by atoms with Crippen LogP contribution in [0, 0.1) is 6.57 Å². The number of hydrogen-bond acceptors (Lipinski definition) is 4. The Morgan fingerprint density at radius 3 is 2.65 bits per heavy atom. The number of pyridine rings is 1. The van der Waals surface area contributed by atoms with Gasteiger partial charge in [-0.05, 0) is 25.1 Å². The van der Waals surface area contributed by atoms with Crippen LogP contribution in [0.5, 0.6) is 0 Å². The zero-order valence-corrected chi connectivity index (χ0v) is 20.6. The fraction of sp³-hybridized carbons (Fsp3) is 0.148. The van der Waals surface area contributed by atoms with Gasteiger partial charge in [0.05, 0.1) is 12.3 Å². The minimum absolute atomic E-state index is 0.0249. The zero-order chi connectivity index (χ0) is 23.7. The van der Waals surface area contributed by atoms with Gasteiger partial charge in [-0.3, -0.25) is 9.36 Å². The van der Waals surface area contributed by atoms with E-state index in [0.717, 1.165) is 37.0 Å². The maximum atomic E-state index is 13.4. The minimum atomic E-state index is 0.0249. The number of hydrogen-bond donors (Lipinski definition) is 0. The highest BCUT2D eigenvalue weighted by Gasteiger charge is 2.25. The maximum Gasteiger partial charge on any atom is 0.271 e. The molecule has 34 heavy (non-hydrogen) atoms. The molecule has 0 saturated carbocycles. The van der Waals surface area contributed by atoms with Crippen LogP contribution in [-0.4, -0.2) is 11.6 Å². The fourth-order valence-electron chi connectivity index (χ4n) is 4.05. The lowest BCUT2D eigenvalue weighted by molar-refractivity contribution is -0.690. The normalized spacial score (nSPS) is 14.9. The lowest BCUT2D eigenvalue weighted by Gasteiger charge is -2.12. The van der Waals surface area contributed by atoms with E-state index in [1.807, 2.05) is 54.9 Å². The predicted molar refractivity (Wildman–Crippen MR) is 140 cm³/mol. The van der Waals surface area contributed by atoms with Crippen LogP contribution < -0.4 is 24.2 Å². The number of anilines is 1. The summed E-state index contributed by atoms with van der Waals surface area (Å²) in [4.78, 5) is 20.0. The molecular weight excluding hydrogens is 460 g/mol. The molecule has 0 spiro atoms. The number of nitrogens with zero attached hydrogens (tertiary/aromatic N) is 4. The van der Waals surface area contributed by atoms with Gasteiger partial charge >= 0.3 is 0 Å². The molecule has 0 saturated heterocycles. The summed E-state index contributed by atoms with van der Waals surface area (Å²) in [5.74, 6) is 0. The van der Waals surface area contributed by atoms with Crippen molar-refractivity contribution in [1.29, 1.82) is 0 Å². The summed E-state index contributed by atoms with van der Waals surface area (Å²) in [6.45, 7) is 10.7. The molecule has 5 nitrogen and oxygen atoms in total. The molecule has 0 aliphatic carbocycles. The van der Waals surface area contributed by atoms with E-state index in [2.05, 4.69) is 56.9 Å². The zero-order valence-electron chi connectivity index (χ0n) is 18.9. The Balaban J connectivity index is 1.63. The number of benzene rings is 2. The van der Waals surface area contributed by atoms with Crippen LogP contribution in [0.2, 0.25) is 0 Å². The van der Waals surface area contributed by atoms with Gasteiger partial charge < -0.3 is 4.90 Å². The highest BCUT2D eigenvalue weighted by Crippen LogP contribution is 2.46. The molecule has 2 aromatic heterocycles. The summed E-state index contributed by atoms with van der Waals surface area (Å²) in [6.07, 6.45) is 4.18. The Bertz CT molecular complexity index is 1600. The first-order valence-corrected chi connectivity index (χ1v) is 12.6. The quantitative estimate of drug-likeness (QED) is 0.326. The Labute approximate surface area is 206 Å². The maximum absolute atomic E-state index is 13.4. The van der Waals surface area contributed by atoms with Crippen molar-refractivity contribution in [2.75, 3.05) is 11.9 Å². The highest BCUT2D eigenvalue weighted by atomic mass is 32.2. The SMILES string of the molecule is [C-]#[N+]c1ccc2c(c1)S/C(=c1/s/c(=C\c3cccc[n+]3Cc3ccccc3)n(CC)c1=O)N2C. The topological polar surface area (TPSA) is 33.5 Å². The first-order valence-electron chi connectivity index (χ1n) is 11.0. The van der Waals surface area contributed by atoms with Gasteiger partial charge in [0.1, 0.15) is 14.2 Å². The first-order chi connectivity index (χ1) is 16.6. The molecule has 3 heterocycles. The lowest BCUT2D eigenvalue weighted by atomic mass is 10.2. The van der Waals surface area contributed by atoms with Crippen molar-refractivity contribution in [3.63, 3.8) is 0 Å². The summed E-state index contributed by atoms with van der Waals surface area (Å²) in [7, 11) is 1.98. The summed E-state index contributed by atoms with van der Waals surface area (Å²) in [5, 5.41) is 0.916. The standard InChI is InChI=1S/C27H23N4OS2/c1-4-31-24(17-21-12-8-9-15-30(21)18-19-10-6-5-7-11-19)34-25(26(31)32)27-29(3)22-14-13-20(28-2)16-23(22)33-27/h5-17H,4,18H2,1,3H3/q+1/b27-25+. The van der Waals surface area contributed by atoms with Crippen molar-refractivity contribution in [3.8, 4) is 0 Å². The highest BCUT2D eigenvalue weighted by molar-refractivity contribution is 8.08. The van der Waals surface area contributed by atoms with Gasteiger partial charge in [0.15, 0.2) is 18.4 Å². The van der Waals surface area contributed by atoms with E-state index in [-0.39, 0.29) is 5.56 Å². The van der Waals surface area contributed by atoms with Gasteiger partial charge in [0.2, 0.25) is 5.69 Å². The monoisotopic (exact) mass is 483 g/mol. The summed E-state index contributed by atoms with van der Waals surface area (Å²) >= 11 is 3.09. The van der Waals surface area contributed by atoms with Crippen LogP contribution in [0.3, 0.4) is 0 Å². The van der Waals surface area contributed by atoms with Crippen molar-refractivity contribution < 1.29 is 4.57 Å². The number of fused-ring (bicyclic) bond motifs is 1. The second-order valence-electron chi connectivity index (χ2n) is 7.93. The molecule has 1 aliphatic heterocycles. The van der Waals surface area contributed by atoms with E-state index in [1.54, 1.807) is 11.8 Å². The van der Waals surface area contributed by atoms with Gasteiger partial charge in [0, 0.05) is 42.3 Å². The fourth-order valence-corrected chi connectivity index (χ4v) is 6.55. The largest absolute Gasteiger partial charge is 0.337 e. The van der Waals surface area contributed by atoms with Crippen LogP contribution in [0.4, 0.5) is 11.4 Å². The van der Waals surface area contributed by atoms with Crippen LogP contribution in [0.15, 0.2) is 82.6 Å². The number of thiazole rings is 1. The Kier molecular flexibility index (Phi) is 6.10. The number of thioether (sulfide) groups is 1. The molecule has 0 atom stereocenters. The van der Waals surface area contributed by atoms with Gasteiger partial charge in [-0.2, -0.15) is 4.57 Å². The summed E-state index contributed by atoms with van der Waals surface area (Å²) < 4.78 is 5.70. The van der Waals surface area contributed by atoms with Gasteiger partial charge in [-0.25, -0.2) is 4.85 Å². The third-order valence-electron chi connectivity index (χ3n) is 5.81. The van der Waals surface area contributed by atoms with Gasteiger partial charge in [-0.1, -0.05) is 48.2 Å². The lowest BCUT2D eigenvalue weighted by Crippen LogP contribution is -2.38. The molecule has 1 aliphatic rings. The molecule has 0 N–H and O–H groups in total. The first kappa shape index (κ1) is 22.2. The predicted octanol–water partition coefficient (Wildman–Crippen LogP) is 3.95. The van der Waals surface area contributed by atoms with E-state index in [9.17, 15) is 4.79 Å². The molecule has 7 heteroatoms. The van der Waals surface area contributed by atoms with Crippen LogP contribution in [-0.2, 0) is 13.1 Å². The van der Waals surface area contributed by atoms with Crippen LogP contribution in [0.25, 0.3) is 16.0 Å². The number of aromatic nitrogens is 2. The number of rotatable bonds is 4. The van der Waals surface area contributed by atoms with Crippen molar-refractivity contribution in [3.05, 3.63) is 115 Å². The molecule has 0 fully saturated rings. The van der Waals surface area contributed by atoms with E-state index in [4.69, 9.17) is 6.57 Å². The molecular formula is C27H23N4OS2+. The average Bonchev–Trinajstić information content (AvgIpc) is 3.35. The minimum Gasteiger partial charge on any atom is -0.337 e. The van der Waals surface area contributed by atoms with E-state index in [0.29, 0.717) is 12.2 Å². The molecule has 5 rings (SSSR count). The molecule has 2 aromatic carbocycles. The third kappa shape index (κ3) is 4.07. The molecule has 0 amide bonds. The Morgan fingerprint density at radius 2 is 1.88 bits per heavy atom. The van der Waals surface area contributed by atoms with Crippen LogP contribution in [0.1, 0.15) is 18.2 Å².